The highest BCUT2D eigenvalue weighted by Gasteiger charge is 2.31. The van der Waals surface area contributed by atoms with Crippen molar-refractivity contribution in [1.29, 1.82) is 0 Å². The SMILES string of the molecule is C=CC(=O)N1CC[C@H](Oc2cc3c(Nc4ccc(Cl)c(Cl)c4F)ncnc3cc2OCCO)C[C@H]1CC. The maximum absolute atomic E-state index is 14.7. The number of aromatic nitrogens is 2. The highest BCUT2D eigenvalue weighted by molar-refractivity contribution is 6.42. The van der Waals surface area contributed by atoms with E-state index in [0.29, 0.717) is 47.6 Å². The second-order valence-corrected chi connectivity index (χ2v) is 9.31. The molecule has 0 bridgehead atoms. The van der Waals surface area contributed by atoms with Crippen molar-refractivity contribution < 1.29 is 23.8 Å². The van der Waals surface area contributed by atoms with Crippen LogP contribution in [0.4, 0.5) is 15.9 Å². The number of amides is 1. The Balaban J connectivity index is 1.67. The van der Waals surface area contributed by atoms with Gasteiger partial charge in [0, 0.05) is 36.9 Å². The summed E-state index contributed by atoms with van der Waals surface area (Å²) in [5.41, 5.74) is 0.624. The molecule has 2 N–H and O–H groups in total. The quantitative estimate of drug-likeness (QED) is 0.268. The number of likely N-dealkylation sites (tertiary alicyclic amines) is 1. The first kappa shape index (κ1) is 26.9. The van der Waals surface area contributed by atoms with Gasteiger partial charge < -0.3 is 24.8 Å². The van der Waals surface area contributed by atoms with E-state index >= 15 is 0 Å². The number of hydrogen-bond donors (Lipinski definition) is 2. The maximum Gasteiger partial charge on any atom is 0.246 e. The van der Waals surface area contributed by atoms with Gasteiger partial charge >= 0.3 is 0 Å². The number of ether oxygens (including phenoxy) is 2. The van der Waals surface area contributed by atoms with Crippen molar-refractivity contribution in [3.05, 3.63) is 59.1 Å². The first-order valence-corrected chi connectivity index (χ1v) is 12.6. The Morgan fingerprint density at radius 3 is 2.86 bits per heavy atom. The van der Waals surface area contributed by atoms with Gasteiger partial charge in [0.1, 0.15) is 24.9 Å². The first-order chi connectivity index (χ1) is 17.9. The number of hydrogen-bond acceptors (Lipinski definition) is 7. The van der Waals surface area contributed by atoms with Crippen LogP contribution in [0.25, 0.3) is 10.9 Å². The molecule has 1 aliphatic heterocycles. The molecule has 37 heavy (non-hydrogen) atoms. The Morgan fingerprint density at radius 1 is 1.32 bits per heavy atom. The second-order valence-electron chi connectivity index (χ2n) is 8.52. The third-order valence-corrected chi connectivity index (χ3v) is 7.01. The van der Waals surface area contributed by atoms with Crippen molar-refractivity contribution in [2.45, 2.75) is 38.3 Å². The minimum Gasteiger partial charge on any atom is -0.487 e. The number of anilines is 2. The zero-order valence-electron chi connectivity index (χ0n) is 20.2. The molecule has 196 valence electrons. The molecule has 1 amide bonds. The van der Waals surface area contributed by atoms with E-state index in [0.717, 1.165) is 6.42 Å². The number of carbonyl (C=O) groups excluding carboxylic acids is 1. The topological polar surface area (TPSA) is 96.8 Å². The van der Waals surface area contributed by atoms with Crippen LogP contribution < -0.4 is 14.8 Å². The van der Waals surface area contributed by atoms with Crippen molar-refractivity contribution >= 4 is 51.5 Å². The smallest absolute Gasteiger partial charge is 0.246 e. The van der Waals surface area contributed by atoms with E-state index in [-0.39, 0.29) is 47.0 Å². The molecule has 3 aromatic rings. The minimum atomic E-state index is -0.702. The molecule has 2 aromatic carbocycles. The van der Waals surface area contributed by atoms with Gasteiger partial charge in [0.2, 0.25) is 5.91 Å². The molecule has 0 aliphatic carbocycles. The van der Waals surface area contributed by atoms with Gasteiger partial charge in [0.05, 0.1) is 27.9 Å². The summed E-state index contributed by atoms with van der Waals surface area (Å²) in [6.07, 6.45) is 4.54. The molecule has 1 saturated heterocycles. The molecular formula is C26H27Cl2FN4O4. The van der Waals surface area contributed by atoms with Crippen LogP contribution >= 0.6 is 23.2 Å². The minimum absolute atomic E-state index is 0.0182. The Bertz CT molecular complexity index is 1310. The van der Waals surface area contributed by atoms with Gasteiger partial charge in [-0.2, -0.15) is 0 Å². The number of piperidine rings is 1. The summed E-state index contributed by atoms with van der Waals surface area (Å²) in [4.78, 5) is 22.6. The summed E-state index contributed by atoms with van der Waals surface area (Å²) in [5, 5.41) is 12.7. The van der Waals surface area contributed by atoms with Crippen LogP contribution in [-0.4, -0.2) is 57.8 Å². The largest absolute Gasteiger partial charge is 0.487 e. The van der Waals surface area contributed by atoms with E-state index in [1.165, 1.54) is 24.5 Å². The summed E-state index contributed by atoms with van der Waals surface area (Å²) >= 11 is 11.9. The molecule has 0 unspecified atom stereocenters. The number of carbonyl (C=O) groups is 1. The van der Waals surface area contributed by atoms with Crippen molar-refractivity contribution in [1.82, 2.24) is 14.9 Å². The number of rotatable bonds is 9. The van der Waals surface area contributed by atoms with E-state index < -0.39 is 5.82 Å². The molecule has 0 spiro atoms. The fraction of sp³-hybridized carbons (Fsp3) is 0.346. The van der Waals surface area contributed by atoms with Crippen LogP contribution in [0.2, 0.25) is 10.0 Å². The summed E-state index contributed by atoms with van der Waals surface area (Å²) in [6, 6.07) is 6.39. The maximum atomic E-state index is 14.7. The van der Waals surface area contributed by atoms with Crippen LogP contribution in [0.1, 0.15) is 26.2 Å². The van der Waals surface area contributed by atoms with Gasteiger partial charge in [-0.1, -0.05) is 36.7 Å². The second kappa shape index (κ2) is 11.9. The highest BCUT2D eigenvalue weighted by atomic mass is 35.5. The summed E-state index contributed by atoms with van der Waals surface area (Å²) in [5.74, 6) is 0.372. The molecule has 8 nitrogen and oxygen atoms in total. The number of halogens is 3. The molecule has 11 heteroatoms. The third kappa shape index (κ3) is 5.89. The summed E-state index contributed by atoms with van der Waals surface area (Å²) in [6.45, 7) is 6.06. The summed E-state index contributed by atoms with van der Waals surface area (Å²) < 4.78 is 26.8. The average molecular weight is 549 g/mol. The molecular weight excluding hydrogens is 522 g/mol. The Labute approximate surface area is 224 Å². The number of fused-ring (bicyclic) bond motifs is 1. The zero-order valence-corrected chi connectivity index (χ0v) is 21.7. The molecule has 0 radical (unpaired) electrons. The fourth-order valence-corrected chi connectivity index (χ4v) is 4.68. The number of benzene rings is 2. The normalized spacial score (nSPS) is 17.5. The van der Waals surface area contributed by atoms with Crippen LogP contribution in [-0.2, 0) is 4.79 Å². The lowest BCUT2D eigenvalue weighted by Gasteiger charge is -2.38. The predicted octanol–water partition coefficient (Wildman–Crippen LogP) is 5.52. The highest BCUT2D eigenvalue weighted by Crippen LogP contribution is 2.38. The van der Waals surface area contributed by atoms with Gasteiger partial charge in [-0.05, 0) is 30.7 Å². The van der Waals surface area contributed by atoms with Gasteiger partial charge in [-0.3, -0.25) is 4.79 Å². The fourth-order valence-electron chi connectivity index (χ4n) is 4.37. The average Bonchev–Trinajstić information content (AvgIpc) is 2.91. The molecule has 1 aromatic heterocycles. The van der Waals surface area contributed by atoms with Gasteiger partial charge in [-0.25, -0.2) is 14.4 Å². The predicted molar refractivity (Wildman–Crippen MR) is 141 cm³/mol. The number of nitrogens with one attached hydrogen (secondary N) is 1. The molecule has 4 rings (SSSR count). The van der Waals surface area contributed by atoms with Crippen molar-refractivity contribution in [2.75, 3.05) is 25.1 Å². The van der Waals surface area contributed by atoms with E-state index in [1.807, 2.05) is 11.8 Å². The zero-order chi connectivity index (χ0) is 26.5. The van der Waals surface area contributed by atoms with Crippen molar-refractivity contribution in [3.8, 4) is 11.5 Å². The molecule has 1 fully saturated rings. The van der Waals surface area contributed by atoms with Crippen LogP contribution in [0, 0.1) is 5.82 Å². The van der Waals surface area contributed by atoms with Crippen LogP contribution in [0.5, 0.6) is 11.5 Å². The van der Waals surface area contributed by atoms with E-state index in [2.05, 4.69) is 21.9 Å². The van der Waals surface area contributed by atoms with Crippen molar-refractivity contribution in [2.24, 2.45) is 0 Å². The Hall–Kier alpha value is -3.14. The molecule has 2 heterocycles. The monoisotopic (exact) mass is 548 g/mol. The van der Waals surface area contributed by atoms with Gasteiger partial charge in [-0.15, -0.1) is 0 Å². The lowest BCUT2D eigenvalue weighted by molar-refractivity contribution is -0.131. The number of aliphatic hydroxyl groups excluding tert-OH is 1. The van der Waals surface area contributed by atoms with Crippen LogP contribution in [0.15, 0.2) is 43.2 Å². The Morgan fingerprint density at radius 2 is 2.14 bits per heavy atom. The lowest BCUT2D eigenvalue weighted by Crippen LogP contribution is -2.48. The molecule has 0 saturated carbocycles. The van der Waals surface area contributed by atoms with E-state index in [4.69, 9.17) is 32.7 Å². The lowest BCUT2D eigenvalue weighted by atomic mass is 9.97. The van der Waals surface area contributed by atoms with Gasteiger partial charge in [0.25, 0.3) is 0 Å². The van der Waals surface area contributed by atoms with E-state index in [1.54, 1.807) is 12.1 Å². The molecule has 1 aliphatic rings. The number of aliphatic hydroxyl groups is 1. The van der Waals surface area contributed by atoms with E-state index in [9.17, 15) is 14.3 Å². The standard InChI is InChI=1S/C26H27Cl2FN4O4/c1-3-15-11-16(7-8-33(15)23(35)4-2)37-22-12-17-20(13-21(22)36-10-9-34)30-14-31-26(17)32-19-6-5-18(27)24(28)25(19)29/h4-6,12-16,34H,2-3,7-11H2,1H3,(H,30,31,32)/t15-,16+/m1/s1. The summed E-state index contributed by atoms with van der Waals surface area (Å²) in [7, 11) is 0. The first-order valence-electron chi connectivity index (χ1n) is 11.9. The number of nitrogens with zero attached hydrogens (tertiary/aromatic N) is 3. The Kier molecular flexibility index (Phi) is 8.68. The van der Waals surface area contributed by atoms with Crippen molar-refractivity contribution in [3.63, 3.8) is 0 Å². The van der Waals surface area contributed by atoms with Crippen LogP contribution in [0.3, 0.4) is 0 Å². The van der Waals surface area contributed by atoms with Gasteiger partial charge in [0.15, 0.2) is 17.3 Å². The third-order valence-electron chi connectivity index (χ3n) is 6.23. The molecule has 2 atom stereocenters.